The molecule has 0 unspecified atom stereocenters. The molecule has 1 saturated heterocycles. The van der Waals surface area contributed by atoms with E-state index in [2.05, 4.69) is 0 Å². The number of carbonyl (C=O) groups is 1. The van der Waals surface area contributed by atoms with E-state index in [-0.39, 0.29) is 11.5 Å². The first-order valence-corrected chi connectivity index (χ1v) is 10.1. The minimum absolute atomic E-state index is 0.260. The van der Waals surface area contributed by atoms with Gasteiger partial charge < -0.3 is 13.7 Å². The first kappa shape index (κ1) is 20.5. The van der Waals surface area contributed by atoms with Crippen LogP contribution >= 0.6 is 23.2 Å². The molecule has 0 spiro atoms. The SMILES string of the molecule is Cc1c(C(=O)c2ccc(Cl)cc2Cl)oc2cc(B3OC(C)(C)C(C)(C)O3)ccc12. The topological polar surface area (TPSA) is 48.7 Å². The summed E-state index contributed by atoms with van der Waals surface area (Å²) in [5.74, 6) is -0.0205. The van der Waals surface area contributed by atoms with Crippen LogP contribution in [0.2, 0.25) is 10.0 Å². The average Bonchev–Trinajstić information content (AvgIpc) is 3.07. The zero-order valence-electron chi connectivity index (χ0n) is 16.9. The third kappa shape index (κ3) is 3.40. The van der Waals surface area contributed by atoms with E-state index in [1.165, 1.54) is 0 Å². The lowest BCUT2D eigenvalue weighted by Gasteiger charge is -2.32. The second-order valence-electron chi connectivity index (χ2n) is 8.35. The second kappa shape index (κ2) is 6.88. The molecule has 0 saturated carbocycles. The van der Waals surface area contributed by atoms with Gasteiger partial charge >= 0.3 is 7.12 Å². The summed E-state index contributed by atoms with van der Waals surface area (Å²) in [4.78, 5) is 13.0. The molecule has 1 aliphatic heterocycles. The minimum atomic E-state index is -0.500. The Morgan fingerprint density at radius 1 is 0.966 bits per heavy atom. The van der Waals surface area contributed by atoms with Crippen molar-refractivity contribution in [1.82, 2.24) is 0 Å². The molecule has 3 aromatic rings. The highest BCUT2D eigenvalue weighted by Crippen LogP contribution is 2.37. The Hall–Kier alpha value is -1.79. The maximum absolute atomic E-state index is 13.0. The van der Waals surface area contributed by atoms with Crippen molar-refractivity contribution in [3.8, 4) is 0 Å². The Bertz CT molecular complexity index is 1120. The van der Waals surface area contributed by atoms with Gasteiger partial charge in [0.1, 0.15) is 5.58 Å². The molecule has 0 bridgehead atoms. The van der Waals surface area contributed by atoms with Gasteiger partial charge in [0.05, 0.1) is 16.2 Å². The van der Waals surface area contributed by atoms with Crippen LogP contribution in [0.25, 0.3) is 11.0 Å². The largest absolute Gasteiger partial charge is 0.494 e. The van der Waals surface area contributed by atoms with E-state index in [0.717, 1.165) is 16.4 Å². The van der Waals surface area contributed by atoms with Crippen molar-refractivity contribution >= 4 is 52.5 Å². The molecule has 4 rings (SSSR count). The Morgan fingerprint density at radius 2 is 1.62 bits per heavy atom. The zero-order chi connectivity index (χ0) is 21.1. The smallest absolute Gasteiger partial charge is 0.452 e. The van der Waals surface area contributed by atoms with E-state index in [4.69, 9.17) is 36.9 Å². The van der Waals surface area contributed by atoms with Crippen LogP contribution in [-0.4, -0.2) is 24.1 Å². The number of furan rings is 1. The second-order valence-corrected chi connectivity index (χ2v) is 9.20. The molecular weight excluding hydrogens is 410 g/mol. The number of rotatable bonds is 3. The number of ketones is 1. The number of aryl methyl sites for hydroxylation is 1. The number of hydrogen-bond acceptors (Lipinski definition) is 4. The number of fused-ring (bicyclic) bond motifs is 1. The fourth-order valence-electron chi connectivity index (χ4n) is 3.38. The van der Waals surface area contributed by atoms with E-state index < -0.39 is 18.3 Å². The summed E-state index contributed by atoms with van der Waals surface area (Å²) in [6.45, 7) is 9.89. The lowest BCUT2D eigenvalue weighted by Crippen LogP contribution is -2.41. The third-order valence-corrected chi connectivity index (χ3v) is 6.42. The molecule has 29 heavy (non-hydrogen) atoms. The third-order valence-electron chi connectivity index (χ3n) is 5.87. The lowest BCUT2D eigenvalue weighted by atomic mass is 9.79. The molecule has 0 radical (unpaired) electrons. The molecule has 0 aliphatic carbocycles. The number of halogens is 2. The molecule has 1 aliphatic rings. The van der Waals surface area contributed by atoms with Crippen LogP contribution in [0.1, 0.15) is 49.4 Å². The predicted octanol–water partition coefficient (Wildman–Crippen LogP) is 5.58. The molecule has 1 aromatic heterocycles. The maximum Gasteiger partial charge on any atom is 0.494 e. The van der Waals surface area contributed by atoms with Gasteiger partial charge in [-0.15, -0.1) is 0 Å². The van der Waals surface area contributed by atoms with Crippen molar-refractivity contribution in [3.63, 3.8) is 0 Å². The maximum atomic E-state index is 13.0. The summed E-state index contributed by atoms with van der Waals surface area (Å²) < 4.78 is 18.2. The standard InChI is InChI=1S/C22H21BCl2O4/c1-12-15-8-6-13(23-28-21(2,3)22(4,5)29-23)10-18(15)27-20(12)19(26)16-9-7-14(24)11-17(16)25/h6-11H,1-5H3. The molecule has 0 amide bonds. The van der Waals surface area contributed by atoms with Crippen LogP contribution < -0.4 is 5.46 Å². The first-order chi connectivity index (χ1) is 13.5. The Morgan fingerprint density at radius 3 is 2.24 bits per heavy atom. The lowest BCUT2D eigenvalue weighted by molar-refractivity contribution is 0.00578. The fraction of sp³-hybridized carbons (Fsp3) is 0.318. The summed E-state index contributed by atoms with van der Waals surface area (Å²) in [7, 11) is -0.500. The van der Waals surface area contributed by atoms with Gasteiger partial charge in [0, 0.05) is 21.5 Å². The number of hydrogen-bond donors (Lipinski definition) is 0. The Labute approximate surface area is 180 Å². The minimum Gasteiger partial charge on any atom is -0.452 e. The molecule has 0 N–H and O–H groups in total. The van der Waals surface area contributed by atoms with Gasteiger partial charge in [0.15, 0.2) is 5.76 Å². The molecule has 150 valence electrons. The van der Waals surface area contributed by atoms with Gasteiger partial charge in [0.2, 0.25) is 5.78 Å². The van der Waals surface area contributed by atoms with Crippen LogP contribution in [0.3, 0.4) is 0 Å². The first-order valence-electron chi connectivity index (χ1n) is 9.38. The highest BCUT2D eigenvalue weighted by Gasteiger charge is 2.51. The summed E-state index contributed by atoms with van der Waals surface area (Å²) in [6, 6.07) is 10.5. The van der Waals surface area contributed by atoms with E-state index in [1.54, 1.807) is 18.2 Å². The molecule has 7 heteroatoms. The van der Waals surface area contributed by atoms with Crippen molar-refractivity contribution < 1.29 is 18.5 Å². The van der Waals surface area contributed by atoms with Crippen molar-refractivity contribution in [1.29, 1.82) is 0 Å². The Kier molecular flexibility index (Phi) is 4.86. The summed E-state index contributed by atoms with van der Waals surface area (Å²) in [5.41, 5.74) is 1.69. The van der Waals surface area contributed by atoms with Crippen LogP contribution in [-0.2, 0) is 9.31 Å². The number of carbonyl (C=O) groups excluding carboxylic acids is 1. The molecule has 2 heterocycles. The predicted molar refractivity (Wildman–Crippen MR) is 117 cm³/mol. The molecular formula is C22H21BCl2O4. The molecule has 0 atom stereocenters. The summed E-state index contributed by atoms with van der Waals surface area (Å²) >= 11 is 12.2. The Balaban J connectivity index is 1.72. The van der Waals surface area contributed by atoms with Crippen molar-refractivity contribution in [2.45, 2.75) is 45.8 Å². The fourth-order valence-corrected chi connectivity index (χ4v) is 3.87. The van der Waals surface area contributed by atoms with Crippen molar-refractivity contribution in [2.24, 2.45) is 0 Å². The van der Waals surface area contributed by atoms with Crippen LogP contribution in [0.15, 0.2) is 40.8 Å². The normalized spacial score (nSPS) is 17.8. The van der Waals surface area contributed by atoms with Crippen LogP contribution in [0, 0.1) is 6.92 Å². The highest BCUT2D eigenvalue weighted by molar-refractivity contribution is 6.62. The molecule has 4 nitrogen and oxygen atoms in total. The van der Waals surface area contributed by atoms with Crippen molar-refractivity contribution in [2.75, 3.05) is 0 Å². The van der Waals surface area contributed by atoms with E-state index >= 15 is 0 Å². The zero-order valence-corrected chi connectivity index (χ0v) is 18.4. The van der Waals surface area contributed by atoms with E-state index in [0.29, 0.717) is 21.2 Å². The molecule has 1 fully saturated rings. The van der Waals surface area contributed by atoms with Gasteiger partial charge in [-0.3, -0.25) is 4.79 Å². The van der Waals surface area contributed by atoms with Gasteiger partial charge in [-0.2, -0.15) is 0 Å². The monoisotopic (exact) mass is 430 g/mol. The van der Waals surface area contributed by atoms with Crippen molar-refractivity contribution in [3.05, 3.63) is 63.3 Å². The van der Waals surface area contributed by atoms with Gasteiger partial charge in [-0.1, -0.05) is 35.3 Å². The van der Waals surface area contributed by atoms with E-state index in [1.807, 2.05) is 52.8 Å². The van der Waals surface area contributed by atoms with Crippen LogP contribution in [0.4, 0.5) is 0 Å². The van der Waals surface area contributed by atoms with E-state index in [9.17, 15) is 4.79 Å². The van der Waals surface area contributed by atoms with Gasteiger partial charge in [-0.05, 0) is 64.3 Å². The average molecular weight is 431 g/mol. The number of benzene rings is 2. The van der Waals surface area contributed by atoms with Gasteiger partial charge in [-0.25, -0.2) is 0 Å². The van der Waals surface area contributed by atoms with Crippen LogP contribution in [0.5, 0.6) is 0 Å². The van der Waals surface area contributed by atoms with Gasteiger partial charge in [0.25, 0.3) is 0 Å². The summed E-state index contributed by atoms with van der Waals surface area (Å²) in [5, 5.41) is 1.62. The highest BCUT2D eigenvalue weighted by atomic mass is 35.5. The quantitative estimate of drug-likeness (QED) is 0.402. The molecule has 2 aromatic carbocycles. The summed E-state index contributed by atoms with van der Waals surface area (Å²) in [6.07, 6.45) is 0.